The molecule has 2 unspecified atom stereocenters. The molecule has 0 saturated heterocycles. The molecule has 0 heterocycles. The molecule has 19 heteroatoms. The number of hydrogen-bond donors (Lipinski definition) is 3. The summed E-state index contributed by atoms with van der Waals surface area (Å²) in [7, 11) is -9.99. The highest BCUT2D eigenvalue weighted by molar-refractivity contribution is 7.47. The van der Waals surface area contributed by atoms with E-state index in [1.165, 1.54) is 109 Å². The van der Waals surface area contributed by atoms with E-state index in [2.05, 4.69) is 119 Å². The topological polar surface area (TPSA) is 237 Å². The summed E-state index contributed by atoms with van der Waals surface area (Å²) >= 11 is 0. The zero-order valence-electron chi connectivity index (χ0n) is 65.7. The summed E-state index contributed by atoms with van der Waals surface area (Å²) < 4.78 is 68.6. The monoisotopic (exact) mass is 1500 g/mol. The molecule has 0 rings (SSSR count). The SMILES string of the molecule is CCCCC/C=C\C/C=C\C/C=C\C/C=C\C/C=C\CCC(=O)O[C@H](COC(=O)CCCCCCCCC/C=C\CCCCCC)COP(=O)(O)OC[C@H](O)COP(=O)(O)OC[C@@H](COC(=O)CCCCCCC/C=C\CCCCCCCC)OC(=O)CCCCCCC/C=C\C/C=C\CCCCC. The minimum atomic E-state index is -5.00. The predicted octanol–water partition coefficient (Wildman–Crippen LogP) is 24.1. The molecule has 0 aliphatic heterocycles. The Morgan fingerprint density at radius 2 is 0.490 bits per heavy atom. The molecule has 0 bridgehead atoms. The largest absolute Gasteiger partial charge is 0.472 e. The Labute approximate surface area is 632 Å². The normalized spacial score (nSPS) is 14.4. The average molecular weight is 1500 g/mol. The van der Waals surface area contributed by atoms with Crippen molar-refractivity contribution in [3.8, 4) is 0 Å². The van der Waals surface area contributed by atoms with Crippen molar-refractivity contribution in [1.29, 1.82) is 0 Å². The lowest BCUT2D eigenvalue weighted by molar-refractivity contribution is -0.161. The van der Waals surface area contributed by atoms with Crippen LogP contribution in [0.4, 0.5) is 0 Å². The molecule has 0 saturated carbocycles. The number of phosphoric ester groups is 2. The fourth-order valence-electron chi connectivity index (χ4n) is 10.9. The third kappa shape index (κ3) is 75.9. The minimum Gasteiger partial charge on any atom is -0.462 e. The summed E-state index contributed by atoms with van der Waals surface area (Å²) in [6.45, 7) is 4.73. The van der Waals surface area contributed by atoms with Crippen molar-refractivity contribution in [2.75, 3.05) is 39.6 Å². The van der Waals surface area contributed by atoms with E-state index in [1.54, 1.807) is 0 Å². The second kappa shape index (κ2) is 76.9. The van der Waals surface area contributed by atoms with Crippen molar-refractivity contribution in [3.05, 3.63) is 109 Å². The number of aliphatic hydroxyl groups excluding tert-OH is 1. The molecule has 0 aromatic rings. The average Bonchev–Trinajstić information content (AvgIpc) is 0.943. The van der Waals surface area contributed by atoms with Crippen molar-refractivity contribution in [1.82, 2.24) is 0 Å². The summed E-state index contributed by atoms with van der Waals surface area (Å²) in [6.07, 6.45) is 83.6. The number of allylic oxidation sites excluding steroid dienone is 18. The second-order valence-electron chi connectivity index (χ2n) is 27.3. The van der Waals surface area contributed by atoms with Crippen molar-refractivity contribution in [3.63, 3.8) is 0 Å². The fourth-order valence-corrected chi connectivity index (χ4v) is 12.4. The Morgan fingerprint density at radius 1 is 0.269 bits per heavy atom. The standard InChI is InChI=1S/C85H148O17P2/c1-5-9-13-17-21-25-29-33-37-38-39-40-44-48-52-56-60-64-68-72-85(90)102-81(76-96-83(88)70-66-62-58-54-50-46-42-35-31-27-23-19-15-11-7-3)78-100-104(93,94)98-74-79(86)73-97-103(91,92)99-77-80(101-84(89)71-67-63-59-55-51-47-43-36-32-28-24-20-16-12-8-4)75-95-82(87)69-65-61-57-53-49-45-41-34-30-26-22-18-14-10-6-2/h21,24-25,27-28,31,33-34,36-37,39-41,43,48,52,60,64,79-81,86H,5-20,22-23,26,29-30,32,35,38,42,44-47,49-51,53-59,61-63,65-78H2,1-4H3,(H,91,92)(H,93,94)/b25-21-,28-24-,31-27-,37-33-,40-39-,41-34-,43-36-,52-48-,64-60-/t79-,80-,81-/m1/s1. The van der Waals surface area contributed by atoms with E-state index >= 15 is 0 Å². The Hall–Kier alpha value is -4.28. The van der Waals surface area contributed by atoms with Crippen molar-refractivity contribution in [2.24, 2.45) is 0 Å². The molecule has 104 heavy (non-hydrogen) atoms. The van der Waals surface area contributed by atoms with Crippen LogP contribution in [0.15, 0.2) is 109 Å². The molecular weight excluding hydrogens is 1350 g/mol. The van der Waals surface area contributed by atoms with Crippen LogP contribution in [0.25, 0.3) is 0 Å². The second-order valence-corrected chi connectivity index (χ2v) is 30.3. The van der Waals surface area contributed by atoms with Gasteiger partial charge < -0.3 is 33.8 Å². The van der Waals surface area contributed by atoms with Crippen molar-refractivity contribution < 1.29 is 80.2 Å². The first-order chi connectivity index (χ1) is 50.7. The van der Waals surface area contributed by atoms with E-state index in [9.17, 15) is 43.2 Å². The van der Waals surface area contributed by atoms with Gasteiger partial charge in [-0.15, -0.1) is 0 Å². The van der Waals surface area contributed by atoms with Gasteiger partial charge in [0.2, 0.25) is 0 Å². The molecule has 0 amide bonds. The van der Waals surface area contributed by atoms with E-state index in [0.717, 1.165) is 154 Å². The molecule has 0 radical (unpaired) electrons. The van der Waals surface area contributed by atoms with Crippen LogP contribution in [-0.4, -0.2) is 96.7 Å². The number of hydrogen-bond acceptors (Lipinski definition) is 15. The van der Waals surface area contributed by atoms with Gasteiger partial charge in [0.05, 0.1) is 26.4 Å². The Morgan fingerprint density at radius 3 is 0.817 bits per heavy atom. The zero-order valence-corrected chi connectivity index (χ0v) is 67.5. The van der Waals surface area contributed by atoms with Gasteiger partial charge in [-0.2, -0.15) is 0 Å². The first-order valence-corrected chi connectivity index (χ1v) is 44.1. The van der Waals surface area contributed by atoms with Gasteiger partial charge in [-0.1, -0.05) is 285 Å². The summed E-state index contributed by atoms with van der Waals surface area (Å²) in [5.74, 6) is -2.29. The van der Waals surface area contributed by atoms with Crippen LogP contribution in [0.3, 0.4) is 0 Å². The smallest absolute Gasteiger partial charge is 0.462 e. The third-order valence-corrected chi connectivity index (χ3v) is 19.1. The van der Waals surface area contributed by atoms with Gasteiger partial charge in [0.1, 0.15) is 19.3 Å². The molecule has 0 aromatic heterocycles. The van der Waals surface area contributed by atoms with Crippen LogP contribution in [0.2, 0.25) is 0 Å². The van der Waals surface area contributed by atoms with E-state index in [0.29, 0.717) is 32.1 Å². The summed E-state index contributed by atoms with van der Waals surface area (Å²) in [5, 5.41) is 10.6. The maximum absolute atomic E-state index is 13.1. The number of unbranched alkanes of at least 4 members (excludes halogenated alkanes) is 33. The van der Waals surface area contributed by atoms with Crippen LogP contribution < -0.4 is 0 Å². The molecule has 0 spiro atoms. The molecule has 17 nitrogen and oxygen atoms in total. The van der Waals surface area contributed by atoms with Gasteiger partial charge in [0.15, 0.2) is 12.2 Å². The number of phosphoric acid groups is 2. The van der Waals surface area contributed by atoms with Gasteiger partial charge >= 0.3 is 39.5 Å². The third-order valence-electron chi connectivity index (χ3n) is 17.2. The van der Waals surface area contributed by atoms with Gasteiger partial charge in [-0.05, 0) is 148 Å². The molecule has 3 N–H and O–H groups in total. The maximum atomic E-state index is 13.1. The quantitative estimate of drug-likeness (QED) is 0.0169. The van der Waals surface area contributed by atoms with Gasteiger partial charge in [-0.3, -0.25) is 37.3 Å². The molecule has 5 atom stereocenters. The highest BCUT2D eigenvalue weighted by Gasteiger charge is 2.30. The summed E-state index contributed by atoms with van der Waals surface area (Å²) in [4.78, 5) is 73.0. The lowest BCUT2D eigenvalue weighted by atomic mass is 10.1. The number of rotatable bonds is 77. The number of esters is 4. The number of ether oxygens (including phenoxy) is 4. The summed E-state index contributed by atoms with van der Waals surface area (Å²) in [6, 6.07) is 0. The maximum Gasteiger partial charge on any atom is 0.472 e. The van der Waals surface area contributed by atoms with Crippen molar-refractivity contribution >= 4 is 39.5 Å². The van der Waals surface area contributed by atoms with Crippen LogP contribution in [0, 0.1) is 0 Å². The molecule has 600 valence electrons. The highest BCUT2D eigenvalue weighted by atomic mass is 31.2. The van der Waals surface area contributed by atoms with Gasteiger partial charge in [0, 0.05) is 25.7 Å². The van der Waals surface area contributed by atoms with Gasteiger partial charge in [-0.25, -0.2) is 9.13 Å². The van der Waals surface area contributed by atoms with E-state index < -0.39 is 97.5 Å². The lowest BCUT2D eigenvalue weighted by Crippen LogP contribution is -2.30. The molecule has 0 aliphatic carbocycles. The molecule has 0 aromatic carbocycles. The molecular formula is C85H148O17P2. The number of carbonyl (C=O) groups is 4. The van der Waals surface area contributed by atoms with Crippen LogP contribution in [0.5, 0.6) is 0 Å². The first-order valence-electron chi connectivity index (χ1n) is 41.1. The Balaban J connectivity index is 5.44. The van der Waals surface area contributed by atoms with Crippen LogP contribution >= 0.6 is 15.6 Å². The van der Waals surface area contributed by atoms with E-state index in [4.69, 9.17) is 37.0 Å². The van der Waals surface area contributed by atoms with E-state index in [-0.39, 0.29) is 25.7 Å². The predicted molar refractivity (Wildman–Crippen MR) is 427 cm³/mol. The summed E-state index contributed by atoms with van der Waals surface area (Å²) in [5.41, 5.74) is 0. The molecule has 0 fully saturated rings. The number of carbonyl (C=O) groups excluding carboxylic acids is 4. The first kappa shape index (κ1) is 99.7. The van der Waals surface area contributed by atoms with Gasteiger partial charge in [0.25, 0.3) is 0 Å². The lowest BCUT2D eigenvalue weighted by Gasteiger charge is -2.21. The Bertz CT molecular complexity index is 2390. The van der Waals surface area contributed by atoms with Crippen molar-refractivity contribution in [2.45, 2.75) is 367 Å². The Kier molecular flexibility index (Phi) is 73.7. The van der Waals surface area contributed by atoms with E-state index in [1.807, 2.05) is 18.2 Å². The van der Waals surface area contributed by atoms with Crippen LogP contribution in [-0.2, 0) is 65.4 Å². The number of aliphatic hydroxyl groups is 1. The highest BCUT2D eigenvalue weighted by Crippen LogP contribution is 2.45. The van der Waals surface area contributed by atoms with Crippen LogP contribution in [0.1, 0.15) is 349 Å². The minimum absolute atomic E-state index is 0.0299. The fraction of sp³-hybridized carbons (Fsp3) is 0.741. The zero-order chi connectivity index (χ0) is 76.0. The molecule has 0 aliphatic rings.